The zero-order chi connectivity index (χ0) is 17.8. The van der Waals surface area contributed by atoms with Crippen molar-refractivity contribution in [3.05, 3.63) is 29.8 Å². The highest BCUT2D eigenvalue weighted by Crippen LogP contribution is 2.16. The number of carbonyl (C=O) groups excluding carboxylic acids is 2. The van der Waals surface area contributed by atoms with Crippen LogP contribution in [0.5, 0.6) is 5.75 Å². The molecule has 0 radical (unpaired) electrons. The van der Waals surface area contributed by atoms with Crippen LogP contribution < -0.4 is 15.6 Å². The Morgan fingerprint density at radius 1 is 1.38 bits per heavy atom. The third-order valence-electron chi connectivity index (χ3n) is 3.74. The first-order valence-corrected chi connectivity index (χ1v) is 8.17. The molecule has 0 saturated heterocycles. The highest BCUT2D eigenvalue weighted by atomic mass is 16.5. The van der Waals surface area contributed by atoms with Gasteiger partial charge in [-0.1, -0.05) is 44.4 Å². The summed E-state index contributed by atoms with van der Waals surface area (Å²) in [7, 11) is 1.59. The number of hydrazine groups is 1. The number of benzene rings is 1. The largest absolute Gasteiger partial charge is 0.496 e. The van der Waals surface area contributed by atoms with E-state index in [1.807, 2.05) is 24.3 Å². The topological polar surface area (TPSA) is 90.9 Å². The molecule has 0 aliphatic rings. The molecule has 7 nitrogen and oxygen atoms in total. The SMILES string of the molecule is CCCCCC(CN(O)C=O)C(=O)NNCc1ccccc1OC. The molecule has 1 aromatic rings. The van der Waals surface area contributed by atoms with Gasteiger partial charge in [0.25, 0.3) is 0 Å². The van der Waals surface area contributed by atoms with Crippen LogP contribution in [-0.2, 0) is 16.1 Å². The first-order chi connectivity index (χ1) is 11.6. The predicted octanol–water partition coefficient (Wildman–Crippen LogP) is 1.86. The Hall–Kier alpha value is -2.12. The Labute approximate surface area is 142 Å². The second-order valence-corrected chi connectivity index (χ2v) is 5.57. The molecule has 1 atom stereocenters. The molecule has 0 bridgehead atoms. The summed E-state index contributed by atoms with van der Waals surface area (Å²) in [5.74, 6) is 0.0278. The van der Waals surface area contributed by atoms with Gasteiger partial charge in [0.05, 0.1) is 19.6 Å². The lowest BCUT2D eigenvalue weighted by molar-refractivity contribution is -0.154. The van der Waals surface area contributed by atoms with Crippen LogP contribution in [0.25, 0.3) is 0 Å². The van der Waals surface area contributed by atoms with E-state index in [2.05, 4.69) is 17.8 Å². The van der Waals surface area contributed by atoms with Gasteiger partial charge in [0, 0.05) is 12.1 Å². The van der Waals surface area contributed by atoms with Crippen LogP contribution in [0.4, 0.5) is 0 Å². The van der Waals surface area contributed by atoms with E-state index >= 15 is 0 Å². The first-order valence-electron chi connectivity index (χ1n) is 8.17. The van der Waals surface area contributed by atoms with E-state index in [-0.39, 0.29) is 12.5 Å². The third-order valence-corrected chi connectivity index (χ3v) is 3.74. The number of rotatable bonds is 12. The average Bonchev–Trinajstić information content (AvgIpc) is 2.61. The monoisotopic (exact) mass is 337 g/mol. The molecule has 3 N–H and O–H groups in total. The molecule has 0 fully saturated rings. The molecule has 0 heterocycles. The van der Waals surface area contributed by atoms with Crippen molar-refractivity contribution in [2.45, 2.75) is 39.2 Å². The lowest BCUT2D eigenvalue weighted by Gasteiger charge is -2.20. The normalized spacial score (nSPS) is 11.6. The molecule has 7 heteroatoms. The number of methoxy groups -OCH3 is 1. The van der Waals surface area contributed by atoms with E-state index in [0.717, 1.165) is 30.6 Å². The van der Waals surface area contributed by atoms with Crippen LogP contribution in [-0.4, -0.2) is 36.2 Å². The zero-order valence-corrected chi connectivity index (χ0v) is 14.3. The van der Waals surface area contributed by atoms with E-state index in [1.54, 1.807) is 7.11 Å². The van der Waals surface area contributed by atoms with Crippen LogP contribution in [0, 0.1) is 5.92 Å². The van der Waals surface area contributed by atoms with Crippen molar-refractivity contribution in [2.75, 3.05) is 13.7 Å². The summed E-state index contributed by atoms with van der Waals surface area (Å²) in [5.41, 5.74) is 6.43. The molecule has 0 aliphatic heterocycles. The van der Waals surface area contributed by atoms with Crippen molar-refractivity contribution in [1.29, 1.82) is 0 Å². The summed E-state index contributed by atoms with van der Waals surface area (Å²) in [4.78, 5) is 22.9. The van der Waals surface area contributed by atoms with Crippen molar-refractivity contribution in [1.82, 2.24) is 15.9 Å². The van der Waals surface area contributed by atoms with Gasteiger partial charge >= 0.3 is 0 Å². The average molecular weight is 337 g/mol. The molecular formula is C17H27N3O4. The van der Waals surface area contributed by atoms with Gasteiger partial charge in [-0.3, -0.25) is 20.2 Å². The molecule has 2 amide bonds. The number of nitrogens with one attached hydrogen (secondary N) is 2. The Morgan fingerprint density at radius 2 is 2.12 bits per heavy atom. The number of hydrogen-bond acceptors (Lipinski definition) is 5. The van der Waals surface area contributed by atoms with Crippen LogP contribution in [0.15, 0.2) is 24.3 Å². The number of hydroxylamine groups is 2. The lowest BCUT2D eigenvalue weighted by atomic mass is 10.0. The Balaban J connectivity index is 2.52. The lowest BCUT2D eigenvalue weighted by Crippen LogP contribution is -2.44. The summed E-state index contributed by atoms with van der Waals surface area (Å²) in [6.45, 7) is 2.47. The fourth-order valence-electron chi connectivity index (χ4n) is 2.39. The summed E-state index contributed by atoms with van der Waals surface area (Å²) < 4.78 is 5.25. The third kappa shape index (κ3) is 6.97. The summed E-state index contributed by atoms with van der Waals surface area (Å²) >= 11 is 0. The minimum Gasteiger partial charge on any atom is -0.496 e. The van der Waals surface area contributed by atoms with E-state index in [1.165, 1.54) is 0 Å². The molecular weight excluding hydrogens is 310 g/mol. The maximum absolute atomic E-state index is 12.3. The van der Waals surface area contributed by atoms with E-state index in [4.69, 9.17) is 4.74 Å². The summed E-state index contributed by atoms with van der Waals surface area (Å²) in [5, 5.41) is 9.86. The number of unbranched alkanes of at least 4 members (excludes halogenated alkanes) is 2. The van der Waals surface area contributed by atoms with Gasteiger partial charge in [0.15, 0.2) is 0 Å². The number of hydrogen-bond donors (Lipinski definition) is 3. The van der Waals surface area contributed by atoms with Gasteiger partial charge in [0.1, 0.15) is 5.75 Å². The van der Waals surface area contributed by atoms with Gasteiger partial charge in [-0.2, -0.15) is 0 Å². The van der Waals surface area contributed by atoms with Gasteiger partial charge in [-0.15, -0.1) is 0 Å². The van der Waals surface area contributed by atoms with Gasteiger partial charge in [-0.05, 0) is 12.5 Å². The molecule has 24 heavy (non-hydrogen) atoms. The van der Waals surface area contributed by atoms with Crippen molar-refractivity contribution >= 4 is 12.3 Å². The smallest absolute Gasteiger partial charge is 0.239 e. The van der Waals surface area contributed by atoms with Crippen molar-refractivity contribution in [3.8, 4) is 5.75 Å². The van der Waals surface area contributed by atoms with Crippen LogP contribution in [0.2, 0.25) is 0 Å². The van der Waals surface area contributed by atoms with Gasteiger partial charge in [-0.25, -0.2) is 10.5 Å². The number of amides is 2. The number of para-hydroxylation sites is 1. The van der Waals surface area contributed by atoms with Gasteiger partial charge in [0.2, 0.25) is 12.3 Å². The first kappa shape index (κ1) is 19.9. The highest BCUT2D eigenvalue weighted by molar-refractivity contribution is 5.78. The fraction of sp³-hybridized carbons (Fsp3) is 0.529. The predicted molar refractivity (Wildman–Crippen MR) is 90.2 cm³/mol. The molecule has 134 valence electrons. The fourth-order valence-corrected chi connectivity index (χ4v) is 2.39. The zero-order valence-electron chi connectivity index (χ0n) is 14.3. The van der Waals surface area contributed by atoms with Crippen LogP contribution in [0.1, 0.15) is 38.2 Å². The Bertz CT molecular complexity index is 510. The standard InChI is InChI=1S/C17H27N3O4/c1-3-4-5-9-15(12-20(23)13-21)17(22)19-18-11-14-8-6-7-10-16(14)24-2/h6-8,10,13,15,18,23H,3-5,9,11-12H2,1-2H3,(H,19,22). The maximum atomic E-state index is 12.3. The van der Waals surface area contributed by atoms with E-state index in [0.29, 0.717) is 24.4 Å². The van der Waals surface area contributed by atoms with Crippen molar-refractivity contribution < 1.29 is 19.5 Å². The minimum absolute atomic E-state index is 0.0185. The maximum Gasteiger partial charge on any atom is 0.239 e. The molecule has 1 unspecified atom stereocenters. The minimum atomic E-state index is -0.461. The van der Waals surface area contributed by atoms with Gasteiger partial charge < -0.3 is 4.74 Å². The number of nitrogens with zero attached hydrogens (tertiary/aromatic N) is 1. The molecule has 1 aromatic carbocycles. The summed E-state index contributed by atoms with van der Waals surface area (Å²) in [6.07, 6.45) is 3.83. The molecule has 0 aromatic heterocycles. The number of carbonyl (C=O) groups is 2. The Morgan fingerprint density at radius 3 is 2.79 bits per heavy atom. The molecule has 0 aliphatic carbocycles. The van der Waals surface area contributed by atoms with Crippen molar-refractivity contribution in [2.24, 2.45) is 5.92 Å². The molecule has 0 spiro atoms. The molecule has 1 rings (SSSR count). The Kier molecular flexibility index (Phi) is 9.48. The number of ether oxygens (including phenoxy) is 1. The van der Waals surface area contributed by atoms with Crippen molar-refractivity contribution in [3.63, 3.8) is 0 Å². The second kappa shape index (κ2) is 11.4. The highest BCUT2D eigenvalue weighted by Gasteiger charge is 2.20. The van der Waals surface area contributed by atoms with E-state index in [9.17, 15) is 14.8 Å². The second-order valence-electron chi connectivity index (χ2n) is 5.57. The van der Waals surface area contributed by atoms with Crippen LogP contribution >= 0.6 is 0 Å². The van der Waals surface area contributed by atoms with E-state index < -0.39 is 5.92 Å². The quantitative estimate of drug-likeness (QED) is 0.234. The molecule has 0 saturated carbocycles. The van der Waals surface area contributed by atoms with Crippen LogP contribution in [0.3, 0.4) is 0 Å². The summed E-state index contributed by atoms with van der Waals surface area (Å²) in [6, 6.07) is 7.52.